The van der Waals surface area contributed by atoms with Crippen molar-refractivity contribution >= 4 is 57.8 Å². The summed E-state index contributed by atoms with van der Waals surface area (Å²) in [6.45, 7) is 4.05. The fourth-order valence-corrected chi connectivity index (χ4v) is 8.74. The zero-order valence-corrected chi connectivity index (χ0v) is 33.8. The summed E-state index contributed by atoms with van der Waals surface area (Å²) in [6, 6.07) is 14.7. The molecule has 2 fully saturated rings. The van der Waals surface area contributed by atoms with Crippen molar-refractivity contribution in [2.24, 2.45) is 5.92 Å². The third-order valence-corrected chi connectivity index (χ3v) is 11.9. The number of hydrogen-bond acceptors (Lipinski definition) is 9. The largest absolute Gasteiger partial charge is 0.453 e. The van der Waals surface area contributed by atoms with Gasteiger partial charge in [-0.15, -0.1) is 0 Å². The molecule has 0 bridgehead atoms. The molecule has 2 aliphatic rings. The van der Waals surface area contributed by atoms with Crippen molar-refractivity contribution in [2.75, 3.05) is 33.9 Å². The number of likely N-dealkylation sites (tertiary alicyclic amines) is 2. The van der Waals surface area contributed by atoms with Crippen LogP contribution in [0, 0.1) is 11.7 Å². The second kappa shape index (κ2) is 17.5. The Balaban J connectivity index is 1.14. The van der Waals surface area contributed by atoms with Gasteiger partial charge in [0.1, 0.15) is 24.5 Å². The van der Waals surface area contributed by atoms with Crippen LogP contribution in [0.5, 0.6) is 0 Å². The van der Waals surface area contributed by atoms with Crippen molar-refractivity contribution in [3.63, 3.8) is 0 Å². The fourth-order valence-electron chi connectivity index (χ4n) is 8.11. The second-order valence-corrected chi connectivity index (χ2v) is 15.9. The van der Waals surface area contributed by atoms with Gasteiger partial charge < -0.3 is 39.9 Å². The molecular formula is C42H45F2N7O7S. The van der Waals surface area contributed by atoms with Crippen molar-refractivity contribution in [3.05, 3.63) is 88.4 Å². The summed E-state index contributed by atoms with van der Waals surface area (Å²) in [4.78, 5) is 77.8. The van der Waals surface area contributed by atoms with Crippen molar-refractivity contribution in [1.82, 2.24) is 35.4 Å². The maximum atomic E-state index is 15.6. The summed E-state index contributed by atoms with van der Waals surface area (Å²) in [6.07, 6.45) is 2.38. The minimum absolute atomic E-state index is 0.0219. The van der Waals surface area contributed by atoms with Gasteiger partial charge >= 0.3 is 12.2 Å². The van der Waals surface area contributed by atoms with Crippen LogP contribution in [0.2, 0.25) is 0 Å². The minimum atomic E-state index is -0.944. The number of carbonyl (C=O) groups excluding carboxylic acids is 4. The minimum Gasteiger partial charge on any atom is -0.453 e. The van der Waals surface area contributed by atoms with E-state index >= 15 is 4.39 Å². The van der Waals surface area contributed by atoms with Crippen LogP contribution in [0.3, 0.4) is 0 Å². The number of ether oxygens (including phenoxy) is 2. The standard InChI is InChI=1S/C42H45F2N7O7S/c1-22(2)35(49-42(56)58-4)40(54)51-16-6-8-32(59-44)37(51)39-45-20-30(48-39)27-12-11-23-17-24(9-10-25(23)18-27)26-13-14-28-29(19-26)47-36(34(43)38(28)53)31-7-5-15-50(31)33(52)21-46-41(55)57-3/h9-14,17-20,22,31-32,35,37H,5-8,15-16,21H2,1-4H3,(H,45,48)(H,46,55)(H,47,53)(H,49,56)/t31?,32?,35?,37-/m0/s1. The Morgan fingerprint density at radius 1 is 0.898 bits per heavy atom. The molecule has 7 rings (SSSR count). The molecule has 5 aromatic rings. The zero-order valence-electron chi connectivity index (χ0n) is 33.0. The predicted octanol–water partition coefficient (Wildman–Crippen LogP) is 6.93. The van der Waals surface area contributed by atoms with E-state index in [1.165, 1.54) is 19.1 Å². The van der Waals surface area contributed by atoms with Gasteiger partial charge in [0.2, 0.25) is 17.2 Å². The maximum absolute atomic E-state index is 15.6. The summed E-state index contributed by atoms with van der Waals surface area (Å²) in [7, 11) is 2.42. The number of methoxy groups -OCH3 is 2. The molecular weight excluding hydrogens is 785 g/mol. The monoisotopic (exact) mass is 829 g/mol. The molecule has 0 saturated carbocycles. The van der Waals surface area contributed by atoms with E-state index in [1.54, 1.807) is 29.3 Å². The second-order valence-electron chi connectivity index (χ2n) is 15.1. The number of rotatable bonds is 10. The van der Waals surface area contributed by atoms with E-state index < -0.39 is 52.7 Å². The maximum Gasteiger partial charge on any atom is 0.407 e. The Bertz CT molecular complexity index is 2480. The molecule has 0 radical (unpaired) electrons. The highest BCUT2D eigenvalue weighted by molar-refractivity contribution is 7.95. The number of piperidine rings is 1. The molecule has 2 aromatic heterocycles. The number of aromatic amines is 2. The zero-order chi connectivity index (χ0) is 42.0. The fraction of sp³-hybridized carbons (Fsp3) is 0.381. The Kier molecular flexibility index (Phi) is 12.2. The average Bonchev–Trinajstić information content (AvgIpc) is 3.96. The first kappa shape index (κ1) is 41.2. The van der Waals surface area contributed by atoms with Gasteiger partial charge in [-0.3, -0.25) is 14.4 Å². The van der Waals surface area contributed by atoms with Crippen LogP contribution >= 0.6 is 12.1 Å². The molecule has 0 aliphatic carbocycles. The Morgan fingerprint density at radius 3 is 2.27 bits per heavy atom. The number of hydrogen-bond donors (Lipinski definition) is 4. The van der Waals surface area contributed by atoms with E-state index in [2.05, 4.69) is 30.3 Å². The Morgan fingerprint density at radius 2 is 1.56 bits per heavy atom. The summed E-state index contributed by atoms with van der Waals surface area (Å²) < 4.78 is 39.3. The summed E-state index contributed by atoms with van der Waals surface area (Å²) >= 11 is 0.198. The lowest BCUT2D eigenvalue weighted by Crippen LogP contribution is -2.55. The number of imidazole rings is 1. The summed E-state index contributed by atoms with van der Waals surface area (Å²) in [5, 5.41) is 6.46. The number of carbonyl (C=O) groups is 4. The first-order valence-electron chi connectivity index (χ1n) is 19.4. The Hall–Kier alpha value is -5.97. The molecule has 4 amide bonds. The molecule has 4 atom stereocenters. The highest BCUT2D eigenvalue weighted by Gasteiger charge is 2.42. The number of amides is 4. The smallest absolute Gasteiger partial charge is 0.407 e. The van der Waals surface area contributed by atoms with Crippen LogP contribution in [-0.2, 0) is 19.1 Å². The average molecular weight is 830 g/mol. The van der Waals surface area contributed by atoms with Crippen LogP contribution in [0.1, 0.15) is 63.1 Å². The first-order valence-corrected chi connectivity index (χ1v) is 20.2. The normalized spacial score (nSPS) is 18.6. The van der Waals surface area contributed by atoms with Crippen LogP contribution in [0.4, 0.5) is 17.9 Å². The quantitative estimate of drug-likeness (QED) is 0.116. The van der Waals surface area contributed by atoms with Crippen LogP contribution in [-0.4, -0.2) is 93.9 Å². The van der Waals surface area contributed by atoms with Gasteiger partial charge in [-0.2, -0.15) is 3.89 Å². The number of halogens is 2. The van der Waals surface area contributed by atoms with Gasteiger partial charge in [0.15, 0.2) is 5.82 Å². The number of aromatic nitrogens is 3. The van der Waals surface area contributed by atoms with E-state index in [9.17, 15) is 27.9 Å². The third-order valence-electron chi connectivity index (χ3n) is 11.2. The highest BCUT2D eigenvalue weighted by atomic mass is 32.2. The molecule has 17 heteroatoms. The van der Waals surface area contributed by atoms with Gasteiger partial charge in [0.25, 0.3) is 0 Å². The van der Waals surface area contributed by atoms with Crippen LogP contribution < -0.4 is 16.1 Å². The van der Waals surface area contributed by atoms with Gasteiger partial charge in [-0.25, -0.2) is 19.0 Å². The van der Waals surface area contributed by atoms with Gasteiger partial charge in [-0.1, -0.05) is 44.2 Å². The number of fused-ring (bicyclic) bond motifs is 2. The molecule has 4 heterocycles. The van der Waals surface area contributed by atoms with Crippen molar-refractivity contribution in [3.8, 4) is 22.4 Å². The van der Waals surface area contributed by atoms with Gasteiger partial charge in [0, 0.05) is 24.0 Å². The molecule has 4 N–H and O–H groups in total. The molecule has 2 aliphatic heterocycles. The summed E-state index contributed by atoms with van der Waals surface area (Å²) in [5.41, 5.74) is 2.83. The van der Waals surface area contributed by atoms with Crippen LogP contribution in [0.15, 0.2) is 65.6 Å². The molecule has 14 nitrogen and oxygen atoms in total. The van der Waals surface area contributed by atoms with E-state index in [0.717, 1.165) is 27.5 Å². The van der Waals surface area contributed by atoms with E-state index in [-0.39, 0.29) is 41.6 Å². The van der Waals surface area contributed by atoms with Crippen LogP contribution in [0.25, 0.3) is 44.1 Å². The SMILES string of the molecule is COC(=O)NCC(=O)N1CCCC1c1[nH]c2cc(-c3ccc4cc(-c5cnc([C@@H]6C(SF)CCCN6C(=O)C(NC(=O)OC)C(C)C)[nH]5)ccc4c3)ccc2c(=O)c1F. The van der Waals surface area contributed by atoms with Crippen molar-refractivity contribution < 1.29 is 36.9 Å². The number of H-pyrrole nitrogens is 2. The molecule has 310 valence electrons. The Labute approximate surface area is 342 Å². The molecule has 3 unspecified atom stereocenters. The van der Waals surface area contributed by atoms with Gasteiger partial charge in [0.05, 0.1) is 60.8 Å². The van der Waals surface area contributed by atoms with Gasteiger partial charge in [-0.05, 0) is 77.8 Å². The topological polar surface area (TPSA) is 179 Å². The van der Waals surface area contributed by atoms with E-state index in [4.69, 9.17) is 4.74 Å². The number of alkyl carbamates (subject to hydrolysis) is 2. The number of pyridine rings is 1. The van der Waals surface area contributed by atoms with E-state index in [0.29, 0.717) is 55.8 Å². The van der Waals surface area contributed by atoms with Crippen molar-refractivity contribution in [2.45, 2.75) is 62.9 Å². The molecule has 0 spiro atoms. The summed E-state index contributed by atoms with van der Waals surface area (Å²) in [5.74, 6) is -1.50. The molecule has 3 aromatic carbocycles. The lowest BCUT2D eigenvalue weighted by molar-refractivity contribution is -0.138. The van der Waals surface area contributed by atoms with E-state index in [1.807, 2.05) is 50.2 Å². The number of nitrogens with one attached hydrogen (secondary N) is 4. The highest BCUT2D eigenvalue weighted by Crippen LogP contribution is 2.40. The third kappa shape index (κ3) is 8.33. The molecule has 2 saturated heterocycles. The first-order chi connectivity index (χ1) is 28.4. The lowest BCUT2D eigenvalue weighted by Gasteiger charge is -2.40. The number of benzene rings is 3. The van der Waals surface area contributed by atoms with Crippen molar-refractivity contribution in [1.29, 1.82) is 0 Å². The number of nitrogens with zero attached hydrogens (tertiary/aromatic N) is 3. The lowest BCUT2D eigenvalue weighted by atomic mass is 9.96. The molecule has 59 heavy (non-hydrogen) atoms. The predicted molar refractivity (Wildman–Crippen MR) is 219 cm³/mol.